The zero-order chi connectivity index (χ0) is 8.27. The maximum absolute atomic E-state index is 9.98. The van der Waals surface area contributed by atoms with Crippen LogP contribution in [0, 0.1) is 6.92 Å². The Hall–Kier alpha value is -1.32. The highest BCUT2D eigenvalue weighted by Gasteiger charge is 2.01. The van der Waals surface area contributed by atoms with Crippen molar-refractivity contribution in [2.75, 3.05) is 0 Å². The first kappa shape index (κ1) is 7.78. The maximum Gasteiger partial charge on any atom is 0.207 e. The van der Waals surface area contributed by atoms with Gasteiger partial charge in [0.15, 0.2) is 0 Å². The molecule has 1 rings (SSSR count). The van der Waals surface area contributed by atoms with Crippen molar-refractivity contribution in [3.8, 4) is 0 Å². The first-order valence-corrected chi connectivity index (χ1v) is 3.40. The fraction of sp³-hybridized carbons (Fsp3) is 0.429. The van der Waals surface area contributed by atoms with Gasteiger partial charge in [0.1, 0.15) is 0 Å². The summed E-state index contributed by atoms with van der Waals surface area (Å²) in [6.45, 7) is 2.51. The molecule has 1 amide bonds. The van der Waals surface area contributed by atoms with Crippen molar-refractivity contribution in [3.63, 3.8) is 0 Å². The Kier molecular flexibility index (Phi) is 2.25. The lowest BCUT2D eigenvalue weighted by Crippen LogP contribution is -2.13. The fourth-order valence-electron chi connectivity index (χ4n) is 0.965. The summed E-state index contributed by atoms with van der Waals surface area (Å²) in [4.78, 5) is 9.98. The first-order valence-electron chi connectivity index (χ1n) is 3.40. The van der Waals surface area contributed by atoms with Gasteiger partial charge in [-0.25, -0.2) is 0 Å². The first-order chi connectivity index (χ1) is 5.25. The molecule has 0 aliphatic rings. The number of hydrogen-bond acceptors (Lipinski definition) is 2. The number of nitrogens with zero attached hydrogens (tertiary/aromatic N) is 2. The van der Waals surface area contributed by atoms with Gasteiger partial charge < -0.3 is 5.32 Å². The van der Waals surface area contributed by atoms with Crippen molar-refractivity contribution in [1.82, 2.24) is 15.1 Å². The van der Waals surface area contributed by atoms with E-state index in [1.54, 1.807) is 10.9 Å². The average Bonchev–Trinajstić information content (AvgIpc) is 2.29. The quantitative estimate of drug-likeness (QED) is 0.620. The summed E-state index contributed by atoms with van der Waals surface area (Å²) < 4.78 is 1.76. The van der Waals surface area contributed by atoms with Gasteiger partial charge in [0.2, 0.25) is 6.41 Å². The van der Waals surface area contributed by atoms with E-state index in [1.807, 2.05) is 14.0 Å². The van der Waals surface area contributed by atoms with Gasteiger partial charge in [0.25, 0.3) is 0 Å². The monoisotopic (exact) mass is 153 g/mol. The zero-order valence-corrected chi connectivity index (χ0v) is 6.66. The van der Waals surface area contributed by atoms with Gasteiger partial charge in [-0.3, -0.25) is 9.48 Å². The Morgan fingerprint density at radius 3 is 3.00 bits per heavy atom. The van der Waals surface area contributed by atoms with Crippen LogP contribution in [-0.2, 0) is 18.4 Å². The zero-order valence-electron chi connectivity index (χ0n) is 6.66. The number of carbonyl (C=O) groups is 1. The number of hydrogen-bond donors (Lipinski definition) is 1. The predicted molar refractivity (Wildman–Crippen MR) is 40.8 cm³/mol. The summed E-state index contributed by atoms with van der Waals surface area (Å²) in [6, 6.07) is 0. The van der Waals surface area contributed by atoms with E-state index in [0.29, 0.717) is 13.0 Å². The van der Waals surface area contributed by atoms with Gasteiger partial charge in [-0.15, -0.1) is 0 Å². The van der Waals surface area contributed by atoms with Crippen molar-refractivity contribution in [3.05, 3.63) is 17.5 Å². The number of rotatable bonds is 3. The van der Waals surface area contributed by atoms with Crippen molar-refractivity contribution < 1.29 is 4.79 Å². The second-order valence-corrected chi connectivity index (χ2v) is 2.40. The van der Waals surface area contributed by atoms with E-state index in [-0.39, 0.29) is 0 Å². The molecule has 0 unspecified atom stereocenters. The molecule has 0 spiro atoms. The summed E-state index contributed by atoms with van der Waals surface area (Å²) in [7, 11) is 1.86. The second kappa shape index (κ2) is 3.18. The molecular formula is C7H11N3O. The van der Waals surface area contributed by atoms with Crippen LogP contribution >= 0.6 is 0 Å². The van der Waals surface area contributed by atoms with Gasteiger partial charge in [-0.1, -0.05) is 0 Å². The molecule has 1 aromatic rings. The van der Waals surface area contributed by atoms with Crippen LogP contribution in [0.3, 0.4) is 0 Å². The van der Waals surface area contributed by atoms with E-state index in [0.717, 1.165) is 11.3 Å². The average molecular weight is 153 g/mol. The molecule has 0 aliphatic heterocycles. The smallest absolute Gasteiger partial charge is 0.207 e. The number of carbonyl (C=O) groups excluding carboxylic acids is 1. The Labute approximate surface area is 65.2 Å². The standard InChI is InChI=1S/C7H11N3O/c1-6-3-9-10(2)7(6)4-8-5-11/h3,5H,4H2,1-2H3,(H,8,11). The van der Waals surface area contributed by atoms with Crippen LogP contribution < -0.4 is 5.32 Å². The van der Waals surface area contributed by atoms with Crippen LogP contribution in [0.1, 0.15) is 11.3 Å². The fourth-order valence-corrected chi connectivity index (χ4v) is 0.965. The minimum Gasteiger partial charge on any atom is -0.353 e. The van der Waals surface area contributed by atoms with E-state index in [1.165, 1.54) is 0 Å². The summed E-state index contributed by atoms with van der Waals surface area (Å²) >= 11 is 0. The van der Waals surface area contributed by atoms with Crippen molar-refractivity contribution in [2.24, 2.45) is 7.05 Å². The van der Waals surface area contributed by atoms with Crippen molar-refractivity contribution >= 4 is 6.41 Å². The highest BCUT2D eigenvalue weighted by Crippen LogP contribution is 2.03. The topological polar surface area (TPSA) is 46.9 Å². The largest absolute Gasteiger partial charge is 0.353 e. The van der Waals surface area contributed by atoms with E-state index in [2.05, 4.69) is 10.4 Å². The molecule has 1 heterocycles. The van der Waals surface area contributed by atoms with E-state index >= 15 is 0 Å². The number of amides is 1. The van der Waals surface area contributed by atoms with Gasteiger partial charge in [0.05, 0.1) is 18.4 Å². The third kappa shape index (κ3) is 1.58. The predicted octanol–water partition coefficient (Wildman–Crippen LogP) is -0.0255. The van der Waals surface area contributed by atoms with Gasteiger partial charge >= 0.3 is 0 Å². The third-order valence-corrected chi connectivity index (χ3v) is 1.62. The van der Waals surface area contributed by atoms with Gasteiger partial charge in [-0.2, -0.15) is 5.10 Å². The molecule has 0 saturated heterocycles. The normalized spacial score (nSPS) is 9.64. The highest BCUT2D eigenvalue weighted by molar-refractivity contribution is 5.46. The minimum atomic E-state index is 0.547. The van der Waals surface area contributed by atoms with Crippen LogP contribution in [0.5, 0.6) is 0 Å². The number of nitrogens with one attached hydrogen (secondary N) is 1. The molecule has 0 aliphatic carbocycles. The molecule has 0 bridgehead atoms. The number of aryl methyl sites for hydroxylation is 2. The van der Waals surface area contributed by atoms with Crippen molar-refractivity contribution in [2.45, 2.75) is 13.5 Å². The molecule has 0 atom stereocenters. The van der Waals surface area contributed by atoms with E-state index in [9.17, 15) is 4.79 Å². The van der Waals surface area contributed by atoms with Crippen molar-refractivity contribution in [1.29, 1.82) is 0 Å². The molecule has 0 aromatic carbocycles. The van der Waals surface area contributed by atoms with Gasteiger partial charge in [0, 0.05) is 7.05 Å². The minimum absolute atomic E-state index is 0.547. The Bertz CT molecular complexity index is 235. The van der Waals surface area contributed by atoms with Crippen LogP contribution in [0.15, 0.2) is 6.20 Å². The summed E-state index contributed by atoms with van der Waals surface area (Å²) in [5.41, 5.74) is 2.14. The molecule has 11 heavy (non-hydrogen) atoms. The molecule has 4 nitrogen and oxygen atoms in total. The molecule has 1 N–H and O–H groups in total. The molecule has 60 valence electrons. The molecule has 4 heteroatoms. The summed E-state index contributed by atoms with van der Waals surface area (Å²) in [6.07, 6.45) is 2.47. The highest BCUT2D eigenvalue weighted by atomic mass is 16.1. The molecular weight excluding hydrogens is 142 g/mol. The van der Waals surface area contributed by atoms with E-state index < -0.39 is 0 Å². The molecule has 0 radical (unpaired) electrons. The van der Waals surface area contributed by atoms with Crippen LogP contribution in [0.2, 0.25) is 0 Å². The third-order valence-electron chi connectivity index (χ3n) is 1.62. The van der Waals surface area contributed by atoms with Gasteiger partial charge in [-0.05, 0) is 12.5 Å². The van der Waals surface area contributed by atoms with E-state index in [4.69, 9.17) is 0 Å². The van der Waals surface area contributed by atoms with Crippen LogP contribution in [0.4, 0.5) is 0 Å². The van der Waals surface area contributed by atoms with Crippen LogP contribution in [0.25, 0.3) is 0 Å². The lowest BCUT2D eigenvalue weighted by atomic mass is 10.3. The maximum atomic E-state index is 9.98. The Morgan fingerprint density at radius 1 is 1.82 bits per heavy atom. The number of aromatic nitrogens is 2. The summed E-state index contributed by atoms with van der Waals surface area (Å²) in [5.74, 6) is 0. The Morgan fingerprint density at radius 2 is 2.55 bits per heavy atom. The molecule has 0 fully saturated rings. The second-order valence-electron chi connectivity index (χ2n) is 2.40. The SMILES string of the molecule is Cc1cnn(C)c1CNC=O. The summed E-state index contributed by atoms with van der Waals surface area (Å²) in [5, 5.41) is 6.62. The molecule has 1 aromatic heterocycles. The Balaban J connectivity index is 2.74. The lowest BCUT2D eigenvalue weighted by molar-refractivity contribution is -0.109. The lowest BCUT2D eigenvalue weighted by Gasteiger charge is -2.00. The molecule has 0 saturated carbocycles. The van der Waals surface area contributed by atoms with Crippen LogP contribution in [-0.4, -0.2) is 16.2 Å².